The molecular formula is C15H22N2O2S2. The standard InChI is InChI=1S/C15H22N2O2S2/c1-3-19-13(18)10-5-6-11-12(10)17-14(21-11)16-9-15(2)7-4-8-20-15/h10H,3-9H2,1-2H3,(H,16,17). The van der Waals surface area contributed by atoms with Crippen molar-refractivity contribution in [3.05, 3.63) is 10.6 Å². The van der Waals surface area contributed by atoms with Crippen LogP contribution in [0.1, 0.15) is 49.6 Å². The highest BCUT2D eigenvalue weighted by atomic mass is 32.2. The predicted molar refractivity (Wildman–Crippen MR) is 88.4 cm³/mol. The Morgan fingerprint density at radius 2 is 2.43 bits per heavy atom. The van der Waals surface area contributed by atoms with Crippen molar-refractivity contribution in [1.82, 2.24) is 4.98 Å². The van der Waals surface area contributed by atoms with Crippen molar-refractivity contribution < 1.29 is 9.53 Å². The lowest BCUT2D eigenvalue weighted by Crippen LogP contribution is -2.27. The number of anilines is 1. The van der Waals surface area contributed by atoms with Crippen LogP contribution in [-0.2, 0) is 16.0 Å². The molecule has 1 aliphatic heterocycles. The number of thioether (sulfide) groups is 1. The normalized spacial score (nSPS) is 27.6. The van der Waals surface area contributed by atoms with E-state index in [1.807, 2.05) is 18.7 Å². The van der Waals surface area contributed by atoms with Crippen LogP contribution in [0.3, 0.4) is 0 Å². The fourth-order valence-corrected chi connectivity index (χ4v) is 5.29. The van der Waals surface area contributed by atoms with Gasteiger partial charge in [0.15, 0.2) is 5.13 Å². The highest BCUT2D eigenvalue weighted by molar-refractivity contribution is 8.00. The fourth-order valence-electron chi connectivity index (χ4n) is 3.01. The van der Waals surface area contributed by atoms with E-state index in [2.05, 4.69) is 17.2 Å². The second-order valence-corrected chi connectivity index (χ2v) is 8.69. The number of hydrogen-bond donors (Lipinski definition) is 1. The van der Waals surface area contributed by atoms with E-state index in [0.717, 1.165) is 30.2 Å². The van der Waals surface area contributed by atoms with E-state index in [4.69, 9.17) is 4.74 Å². The number of nitrogens with zero attached hydrogens (tertiary/aromatic N) is 1. The minimum Gasteiger partial charge on any atom is -0.465 e. The largest absolute Gasteiger partial charge is 0.465 e. The van der Waals surface area contributed by atoms with Gasteiger partial charge in [0.2, 0.25) is 0 Å². The number of aromatic nitrogens is 1. The Hall–Kier alpha value is -0.750. The molecule has 1 saturated heterocycles. The summed E-state index contributed by atoms with van der Waals surface area (Å²) in [5, 5.41) is 4.44. The molecule has 2 aliphatic rings. The molecule has 0 spiro atoms. The topological polar surface area (TPSA) is 51.2 Å². The van der Waals surface area contributed by atoms with Crippen LogP contribution < -0.4 is 5.32 Å². The third kappa shape index (κ3) is 3.21. The summed E-state index contributed by atoms with van der Waals surface area (Å²) in [5.41, 5.74) is 0.949. The van der Waals surface area contributed by atoms with Gasteiger partial charge in [-0.15, -0.1) is 11.3 Å². The maximum absolute atomic E-state index is 12.0. The zero-order valence-corrected chi connectivity index (χ0v) is 14.2. The lowest BCUT2D eigenvalue weighted by Gasteiger charge is -2.22. The molecule has 1 N–H and O–H groups in total. The molecule has 0 radical (unpaired) electrons. The molecule has 21 heavy (non-hydrogen) atoms. The van der Waals surface area contributed by atoms with Crippen molar-refractivity contribution in [2.45, 2.75) is 50.2 Å². The van der Waals surface area contributed by atoms with Gasteiger partial charge < -0.3 is 10.1 Å². The van der Waals surface area contributed by atoms with Gasteiger partial charge in [0.1, 0.15) is 5.92 Å². The number of nitrogens with one attached hydrogen (secondary N) is 1. The first kappa shape index (κ1) is 15.2. The molecule has 2 unspecified atom stereocenters. The van der Waals surface area contributed by atoms with Crippen LogP contribution in [0.5, 0.6) is 0 Å². The lowest BCUT2D eigenvalue weighted by molar-refractivity contribution is -0.145. The molecule has 1 aliphatic carbocycles. The molecule has 0 aromatic carbocycles. The summed E-state index contributed by atoms with van der Waals surface area (Å²) in [7, 11) is 0. The van der Waals surface area contributed by atoms with Crippen LogP contribution in [0.4, 0.5) is 5.13 Å². The first-order valence-electron chi connectivity index (χ1n) is 7.65. The molecule has 4 nitrogen and oxygen atoms in total. The van der Waals surface area contributed by atoms with Crippen molar-refractivity contribution >= 4 is 34.2 Å². The number of hydrogen-bond acceptors (Lipinski definition) is 6. The Morgan fingerprint density at radius 3 is 3.14 bits per heavy atom. The first-order chi connectivity index (χ1) is 10.1. The van der Waals surface area contributed by atoms with Gasteiger partial charge in [0.25, 0.3) is 0 Å². The van der Waals surface area contributed by atoms with Crippen LogP contribution in [0.2, 0.25) is 0 Å². The molecule has 0 bridgehead atoms. The van der Waals surface area contributed by atoms with Gasteiger partial charge in [-0.2, -0.15) is 11.8 Å². The molecule has 2 atom stereocenters. The fraction of sp³-hybridized carbons (Fsp3) is 0.733. The molecule has 2 heterocycles. The average molecular weight is 326 g/mol. The lowest BCUT2D eigenvalue weighted by atomic mass is 10.1. The number of fused-ring (bicyclic) bond motifs is 1. The van der Waals surface area contributed by atoms with E-state index >= 15 is 0 Å². The monoisotopic (exact) mass is 326 g/mol. The molecule has 116 valence electrons. The van der Waals surface area contributed by atoms with E-state index in [0.29, 0.717) is 11.4 Å². The molecule has 0 saturated carbocycles. The Morgan fingerprint density at radius 1 is 1.57 bits per heavy atom. The van der Waals surface area contributed by atoms with Crippen molar-refractivity contribution in [2.24, 2.45) is 0 Å². The zero-order valence-electron chi connectivity index (χ0n) is 12.6. The van der Waals surface area contributed by atoms with Crippen LogP contribution in [0.25, 0.3) is 0 Å². The van der Waals surface area contributed by atoms with Gasteiger partial charge in [-0.3, -0.25) is 4.79 Å². The van der Waals surface area contributed by atoms with E-state index in [-0.39, 0.29) is 11.9 Å². The zero-order chi connectivity index (χ0) is 14.9. The predicted octanol–water partition coefficient (Wildman–Crippen LogP) is 3.43. The van der Waals surface area contributed by atoms with Crippen LogP contribution in [0.15, 0.2) is 0 Å². The Balaban J connectivity index is 1.64. The minimum atomic E-state index is -0.150. The van der Waals surface area contributed by atoms with Crippen LogP contribution in [0, 0.1) is 0 Å². The Labute approximate surface area is 134 Å². The average Bonchev–Trinajstić information content (AvgIpc) is 3.12. The first-order valence-corrected chi connectivity index (χ1v) is 9.45. The third-order valence-corrected chi connectivity index (χ3v) is 6.83. The van der Waals surface area contributed by atoms with Crippen LogP contribution in [-0.4, -0.2) is 34.6 Å². The maximum atomic E-state index is 12.0. The van der Waals surface area contributed by atoms with Gasteiger partial charge in [0, 0.05) is 16.2 Å². The van der Waals surface area contributed by atoms with E-state index < -0.39 is 0 Å². The van der Waals surface area contributed by atoms with E-state index in [9.17, 15) is 4.79 Å². The van der Waals surface area contributed by atoms with E-state index in [1.54, 1.807) is 11.3 Å². The quantitative estimate of drug-likeness (QED) is 0.840. The molecule has 6 heteroatoms. The smallest absolute Gasteiger partial charge is 0.315 e. The SMILES string of the molecule is CCOC(=O)C1CCc2sc(NCC3(C)CCCS3)nc21. The van der Waals surface area contributed by atoms with Gasteiger partial charge in [-0.1, -0.05) is 0 Å². The molecule has 3 rings (SSSR count). The second-order valence-electron chi connectivity index (χ2n) is 5.93. The number of aryl methyl sites for hydroxylation is 1. The molecule has 1 fully saturated rings. The third-order valence-electron chi connectivity index (χ3n) is 4.20. The van der Waals surface area contributed by atoms with Crippen molar-refractivity contribution in [2.75, 3.05) is 24.2 Å². The van der Waals surface area contributed by atoms with Gasteiger partial charge in [0.05, 0.1) is 12.3 Å². The summed E-state index contributed by atoms with van der Waals surface area (Å²) < 4.78 is 5.48. The summed E-state index contributed by atoms with van der Waals surface area (Å²) in [6, 6.07) is 0. The summed E-state index contributed by atoms with van der Waals surface area (Å²) in [4.78, 5) is 17.9. The number of carbonyl (C=O) groups excluding carboxylic acids is 1. The summed E-state index contributed by atoms with van der Waals surface area (Å²) in [6.45, 7) is 5.56. The summed E-state index contributed by atoms with van der Waals surface area (Å²) >= 11 is 3.75. The van der Waals surface area contributed by atoms with Gasteiger partial charge in [-0.25, -0.2) is 4.98 Å². The number of ether oxygens (including phenoxy) is 1. The van der Waals surface area contributed by atoms with Crippen molar-refractivity contribution in [3.8, 4) is 0 Å². The second kappa shape index (κ2) is 6.16. The molecule has 1 aromatic heterocycles. The summed E-state index contributed by atoms with van der Waals surface area (Å²) in [5.74, 6) is 0.993. The molecule has 0 amide bonds. The molecular weight excluding hydrogens is 304 g/mol. The number of esters is 1. The highest BCUT2D eigenvalue weighted by Gasteiger charge is 2.34. The maximum Gasteiger partial charge on any atom is 0.315 e. The van der Waals surface area contributed by atoms with Crippen molar-refractivity contribution in [3.63, 3.8) is 0 Å². The Kier molecular flexibility index (Phi) is 4.45. The number of rotatable bonds is 5. The van der Waals surface area contributed by atoms with Crippen molar-refractivity contribution in [1.29, 1.82) is 0 Å². The van der Waals surface area contributed by atoms with E-state index in [1.165, 1.54) is 23.5 Å². The Bertz CT molecular complexity index is 524. The highest BCUT2D eigenvalue weighted by Crippen LogP contribution is 2.41. The summed E-state index contributed by atoms with van der Waals surface area (Å²) in [6.07, 6.45) is 4.37. The number of carbonyl (C=O) groups is 1. The van der Waals surface area contributed by atoms with Crippen LogP contribution >= 0.6 is 23.1 Å². The van der Waals surface area contributed by atoms with Gasteiger partial charge >= 0.3 is 5.97 Å². The molecule has 1 aromatic rings. The minimum absolute atomic E-state index is 0.119. The number of thiazole rings is 1. The van der Waals surface area contributed by atoms with Gasteiger partial charge in [-0.05, 0) is 45.3 Å².